The number of pyridine rings is 1. The molecule has 1 N–H and O–H groups in total. The lowest BCUT2D eigenvalue weighted by atomic mass is 10.3. The molecule has 1 aromatic rings. The predicted octanol–water partition coefficient (Wildman–Crippen LogP) is 0.483. The summed E-state index contributed by atoms with van der Waals surface area (Å²) in [4.78, 5) is 21.3. The van der Waals surface area contributed by atoms with E-state index in [0.29, 0.717) is 5.69 Å². The molecule has 0 aliphatic carbocycles. The van der Waals surface area contributed by atoms with Crippen LogP contribution in [0.3, 0.4) is 0 Å². The second-order valence-electron chi connectivity index (χ2n) is 2.52. The van der Waals surface area contributed by atoms with Crippen LogP contribution in [0.5, 0.6) is 0 Å². The summed E-state index contributed by atoms with van der Waals surface area (Å²) >= 11 is 0. The standard InChI is InChI=1S/C9H9NO3/c1-10-7(5-6-9(12)13)3-2-4-8(10)11/h2-6H,1H3,(H,12,13)/b6-5+. The highest BCUT2D eigenvalue weighted by molar-refractivity contribution is 5.84. The summed E-state index contributed by atoms with van der Waals surface area (Å²) in [6.45, 7) is 0. The Morgan fingerprint density at radius 2 is 2.23 bits per heavy atom. The highest BCUT2D eigenvalue weighted by atomic mass is 16.4. The lowest BCUT2D eigenvalue weighted by Gasteiger charge is -2.00. The molecular weight excluding hydrogens is 170 g/mol. The summed E-state index contributed by atoms with van der Waals surface area (Å²) in [5.41, 5.74) is 0.405. The molecular formula is C9H9NO3. The SMILES string of the molecule is Cn1c(/C=C/C(=O)O)cccc1=O. The molecule has 0 bridgehead atoms. The molecule has 1 rings (SSSR count). The number of aliphatic carboxylic acids is 1. The van der Waals surface area contributed by atoms with Gasteiger partial charge in [0.1, 0.15) is 0 Å². The van der Waals surface area contributed by atoms with Crippen LogP contribution in [-0.4, -0.2) is 15.6 Å². The van der Waals surface area contributed by atoms with Gasteiger partial charge in [-0.05, 0) is 12.1 Å². The van der Waals surface area contributed by atoms with Crippen molar-refractivity contribution >= 4 is 12.0 Å². The molecule has 0 fully saturated rings. The Bertz CT molecular complexity index is 404. The molecule has 1 heterocycles. The van der Waals surface area contributed by atoms with Gasteiger partial charge in [0.2, 0.25) is 0 Å². The van der Waals surface area contributed by atoms with Crippen LogP contribution >= 0.6 is 0 Å². The summed E-state index contributed by atoms with van der Waals surface area (Å²) in [5, 5.41) is 8.36. The van der Waals surface area contributed by atoms with Gasteiger partial charge >= 0.3 is 5.97 Å². The number of carbonyl (C=O) groups is 1. The Labute approximate surface area is 74.7 Å². The minimum absolute atomic E-state index is 0.160. The average molecular weight is 179 g/mol. The topological polar surface area (TPSA) is 59.3 Å². The number of aromatic nitrogens is 1. The molecule has 0 amide bonds. The van der Waals surface area contributed by atoms with Crippen LogP contribution in [0.4, 0.5) is 0 Å². The van der Waals surface area contributed by atoms with E-state index in [4.69, 9.17) is 5.11 Å². The molecule has 0 saturated carbocycles. The first-order valence-electron chi connectivity index (χ1n) is 3.68. The number of hydrogen-bond donors (Lipinski definition) is 1. The van der Waals surface area contributed by atoms with Crippen LogP contribution in [0.1, 0.15) is 5.69 Å². The molecule has 4 heteroatoms. The van der Waals surface area contributed by atoms with Gasteiger partial charge in [-0.15, -0.1) is 0 Å². The number of nitrogens with zero attached hydrogens (tertiary/aromatic N) is 1. The molecule has 0 aliphatic heterocycles. The molecule has 1 aromatic heterocycles. The average Bonchev–Trinajstić information content (AvgIpc) is 2.07. The van der Waals surface area contributed by atoms with E-state index >= 15 is 0 Å². The largest absolute Gasteiger partial charge is 0.478 e. The summed E-state index contributed by atoms with van der Waals surface area (Å²) in [7, 11) is 1.59. The second kappa shape index (κ2) is 3.71. The first kappa shape index (κ1) is 9.25. The van der Waals surface area contributed by atoms with Crippen LogP contribution in [-0.2, 0) is 11.8 Å². The maximum atomic E-state index is 11.1. The zero-order valence-corrected chi connectivity index (χ0v) is 7.10. The van der Waals surface area contributed by atoms with Gasteiger partial charge in [0, 0.05) is 24.9 Å². The monoisotopic (exact) mass is 179 g/mol. The molecule has 0 aliphatic rings. The molecule has 0 atom stereocenters. The van der Waals surface area contributed by atoms with Crippen molar-refractivity contribution in [3.05, 3.63) is 40.3 Å². The van der Waals surface area contributed by atoms with E-state index in [2.05, 4.69) is 0 Å². The minimum atomic E-state index is -1.03. The van der Waals surface area contributed by atoms with E-state index in [1.54, 1.807) is 19.2 Å². The first-order valence-corrected chi connectivity index (χ1v) is 3.68. The van der Waals surface area contributed by atoms with Crippen molar-refractivity contribution in [2.24, 2.45) is 7.05 Å². The third-order valence-electron chi connectivity index (χ3n) is 1.62. The van der Waals surface area contributed by atoms with E-state index < -0.39 is 5.97 Å². The minimum Gasteiger partial charge on any atom is -0.478 e. The summed E-state index contributed by atoms with van der Waals surface area (Å²) < 4.78 is 1.37. The molecule has 0 aromatic carbocycles. The van der Waals surface area contributed by atoms with Gasteiger partial charge in [-0.1, -0.05) is 6.07 Å². The number of hydrogen-bond acceptors (Lipinski definition) is 2. The molecule has 0 radical (unpaired) electrons. The van der Waals surface area contributed by atoms with Crippen LogP contribution < -0.4 is 5.56 Å². The van der Waals surface area contributed by atoms with E-state index in [-0.39, 0.29) is 5.56 Å². The summed E-state index contributed by atoms with van der Waals surface area (Å²) in [6, 6.07) is 4.67. The van der Waals surface area contributed by atoms with E-state index in [1.807, 2.05) is 0 Å². The summed E-state index contributed by atoms with van der Waals surface area (Å²) in [6.07, 6.45) is 2.37. The third-order valence-corrected chi connectivity index (χ3v) is 1.62. The Balaban J connectivity index is 3.09. The molecule has 0 unspecified atom stereocenters. The highest BCUT2D eigenvalue weighted by Crippen LogP contribution is 1.96. The Hall–Kier alpha value is -1.84. The van der Waals surface area contributed by atoms with Gasteiger partial charge in [0.15, 0.2) is 0 Å². The maximum Gasteiger partial charge on any atom is 0.328 e. The molecule has 13 heavy (non-hydrogen) atoms. The smallest absolute Gasteiger partial charge is 0.328 e. The van der Waals surface area contributed by atoms with E-state index in [0.717, 1.165) is 6.08 Å². The Morgan fingerprint density at radius 1 is 1.54 bits per heavy atom. The van der Waals surface area contributed by atoms with Crippen LogP contribution in [0.15, 0.2) is 29.1 Å². The third kappa shape index (κ3) is 2.30. The van der Waals surface area contributed by atoms with Crippen molar-refractivity contribution in [3.8, 4) is 0 Å². The van der Waals surface area contributed by atoms with Crippen LogP contribution in [0.25, 0.3) is 6.08 Å². The van der Waals surface area contributed by atoms with Gasteiger partial charge in [-0.2, -0.15) is 0 Å². The zero-order chi connectivity index (χ0) is 9.84. The van der Waals surface area contributed by atoms with Crippen molar-refractivity contribution < 1.29 is 9.90 Å². The Kier molecular flexibility index (Phi) is 2.64. The number of rotatable bonds is 2. The molecule has 4 nitrogen and oxygen atoms in total. The molecule has 68 valence electrons. The highest BCUT2D eigenvalue weighted by Gasteiger charge is 1.94. The van der Waals surface area contributed by atoms with Crippen molar-refractivity contribution in [1.82, 2.24) is 4.57 Å². The van der Waals surface area contributed by atoms with Gasteiger partial charge in [0.25, 0.3) is 5.56 Å². The predicted molar refractivity (Wildman–Crippen MR) is 48.4 cm³/mol. The van der Waals surface area contributed by atoms with Crippen LogP contribution in [0.2, 0.25) is 0 Å². The fourth-order valence-corrected chi connectivity index (χ4v) is 0.904. The number of carboxylic acid groups (broad SMARTS) is 1. The fourth-order valence-electron chi connectivity index (χ4n) is 0.904. The van der Waals surface area contributed by atoms with Gasteiger partial charge < -0.3 is 9.67 Å². The van der Waals surface area contributed by atoms with Crippen molar-refractivity contribution in [1.29, 1.82) is 0 Å². The van der Waals surface area contributed by atoms with Gasteiger partial charge in [-0.3, -0.25) is 4.79 Å². The zero-order valence-electron chi connectivity index (χ0n) is 7.10. The van der Waals surface area contributed by atoms with E-state index in [9.17, 15) is 9.59 Å². The fraction of sp³-hybridized carbons (Fsp3) is 0.111. The van der Waals surface area contributed by atoms with Crippen molar-refractivity contribution in [2.45, 2.75) is 0 Å². The van der Waals surface area contributed by atoms with Crippen molar-refractivity contribution in [2.75, 3.05) is 0 Å². The van der Waals surface area contributed by atoms with Gasteiger partial charge in [0.05, 0.1) is 0 Å². The van der Waals surface area contributed by atoms with Crippen LogP contribution in [0, 0.1) is 0 Å². The lowest BCUT2D eigenvalue weighted by Crippen LogP contribution is -2.16. The molecule has 0 saturated heterocycles. The number of carboxylic acids is 1. The normalized spacial score (nSPS) is 10.5. The van der Waals surface area contributed by atoms with Crippen molar-refractivity contribution in [3.63, 3.8) is 0 Å². The second-order valence-corrected chi connectivity index (χ2v) is 2.52. The lowest BCUT2D eigenvalue weighted by molar-refractivity contribution is -0.131. The molecule has 0 spiro atoms. The Morgan fingerprint density at radius 3 is 2.85 bits per heavy atom. The quantitative estimate of drug-likeness (QED) is 0.672. The van der Waals surface area contributed by atoms with Gasteiger partial charge in [-0.25, -0.2) is 4.79 Å². The first-order chi connectivity index (χ1) is 6.11. The maximum absolute atomic E-state index is 11.1. The van der Waals surface area contributed by atoms with E-state index in [1.165, 1.54) is 16.7 Å². The summed E-state index contributed by atoms with van der Waals surface area (Å²) in [5.74, 6) is -1.03.